The Labute approximate surface area is 187 Å². The van der Waals surface area contributed by atoms with Gasteiger partial charge in [0, 0.05) is 48.5 Å². The van der Waals surface area contributed by atoms with E-state index in [1.165, 1.54) is 10.9 Å². The molecule has 1 amide bonds. The van der Waals surface area contributed by atoms with Crippen molar-refractivity contribution in [1.29, 1.82) is 0 Å². The number of nitrogens with zero attached hydrogens (tertiary/aromatic N) is 3. The third-order valence-corrected chi connectivity index (χ3v) is 6.35. The van der Waals surface area contributed by atoms with Gasteiger partial charge < -0.3 is 19.2 Å². The number of hydrogen-bond acceptors (Lipinski definition) is 3. The maximum atomic E-state index is 13.4. The quantitative estimate of drug-likeness (QED) is 0.487. The van der Waals surface area contributed by atoms with E-state index in [4.69, 9.17) is 4.74 Å². The molecule has 1 aliphatic heterocycles. The first kappa shape index (κ1) is 20.4. The van der Waals surface area contributed by atoms with Crippen LogP contribution in [0, 0.1) is 6.92 Å². The van der Waals surface area contributed by atoms with Crippen LogP contribution in [-0.4, -0.2) is 38.5 Å². The number of imidazole rings is 1. The second-order valence-electron chi connectivity index (χ2n) is 8.22. The van der Waals surface area contributed by atoms with Crippen LogP contribution >= 0.6 is 0 Å². The third kappa shape index (κ3) is 3.66. The maximum Gasteiger partial charge on any atom is 0.225 e. The lowest BCUT2D eigenvalue weighted by Gasteiger charge is -2.36. The van der Waals surface area contributed by atoms with E-state index in [1.807, 2.05) is 47.7 Å². The number of carbonyl (C=O) groups is 1. The van der Waals surface area contributed by atoms with E-state index in [9.17, 15) is 4.79 Å². The van der Waals surface area contributed by atoms with Gasteiger partial charge in [0.2, 0.25) is 5.91 Å². The number of benzene rings is 2. The van der Waals surface area contributed by atoms with Crippen molar-refractivity contribution >= 4 is 16.8 Å². The van der Waals surface area contributed by atoms with Crippen molar-refractivity contribution in [2.75, 3.05) is 13.2 Å². The summed E-state index contributed by atoms with van der Waals surface area (Å²) < 4.78 is 7.66. The summed E-state index contributed by atoms with van der Waals surface area (Å²) in [5, 5.41) is 1.25. The molecule has 4 aromatic rings. The summed E-state index contributed by atoms with van der Waals surface area (Å²) in [7, 11) is 0. The SMILES string of the molecule is CCOc1ccc([C@@H]2c3[nH]c4ccccc4c3CCN2C(=O)CCn2ccnc2C)cc1. The van der Waals surface area contributed by atoms with Crippen LogP contribution in [0.1, 0.15) is 42.0 Å². The van der Waals surface area contributed by atoms with Crippen molar-refractivity contribution in [2.24, 2.45) is 0 Å². The maximum absolute atomic E-state index is 13.4. The van der Waals surface area contributed by atoms with E-state index >= 15 is 0 Å². The molecule has 32 heavy (non-hydrogen) atoms. The number of fused-ring (bicyclic) bond motifs is 3. The molecular weight excluding hydrogens is 400 g/mol. The van der Waals surface area contributed by atoms with Gasteiger partial charge in [-0.2, -0.15) is 0 Å². The predicted octanol–water partition coefficient (Wildman–Crippen LogP) is 4.64. The predicted molar refractivity (Wildman–Crippen MR) is 125 cm³/mol. The van der Waals surface area contributed by atoms with Crippen LogP contribution in [0.2, 0.25) is 0 Å². The molecule has 0 saturated heterocycles. The normalized spacial score (nSPS) is 15.7. The van der Waals surface area contributed by atoms with Crippen LogP contribution in [0.5, 0.6) is 5.75 Å². The number of rotatable bonds is 6. The fourth-order valence-electron chi connectivity index (χ4n) is 4.77. The van der Waals surface area contributed by atoms with E-state index < -0.39 is 0 Å². The molecule has 3 heterocycles. The molecule has 6 nitrogen and oxygen atoms in total. The monoisotopic (exact) mass is 428 g/mol. The van der Waals surface area contributed by atoms with Gasteiger partial charge in [0.05, 0.1) is 12.6 Å². The number of ether oxygens (including phenoxy) is 1. The van der Waals surface area contributed by atoms with Crippen molar-refractivity contribution in [3.63, 3.8) is 0 Å². The van der Waals surface area contributed by atoms with Gasteiger partial charge in [0.25, 0.3) is 0 Å². The van der Waals surface area contributed by atoms with Gasteiger partial charge >= 0.3 is 0 Å². The van der Waals surface area contributed by atoms with E-state index in [0.717, 1.165) is 34.8 Å². The van der Waals surface area contributed by atoms with Gasteiger partial charge in [0.1, 0.15) is 11.6 Å². The summed E-state index contributed by atoms with van der Waals surface area (Å²) in [5.41, 5.74) is 4.65. The van der Waals surface area contributed by atoms with Gasteiger partial charge in [-0.15, -0.1) is 0 Å². The van der Waals surface area contributed by atoms with Crippen molar-refractivity contribution in [2.45, 2.75) is 39.3 Å². The number of aryl methyl sites for hydroxylation is 2. The number of carbonyl (C=O) groups excluding carboxylic acids is 1. The molecule has 0 aliphatic carbocycles. The van der Waals surface area contributed by atoms with Crippen LogP contribution in [-0.2, 0) is 17.8 Å². The summed E-state index contributed by atoms with van der Waals surface area (Å²) >= 11 is 0. The molecule has 0 fully saturated rings. The first-order valence-electron chi connectivity index (χ1n) is 11.2. The largest absolute Gasteiger partial charge is 0.494 e. The zero-order chi connectivity index (χ0) is 22.1. The average molecular weight is 429 g/mol. The van der Waals surface area contributed by atoms with Crippen LogP contribution < -0.4 is 4.74 Å². The van der Waals surface area contributed by atoms with Crippen molar-refractivity contribution in [3.05, 3.63) is 83.6 Å². The highest BCUT2D eigenvalue weighted by molar-refractivity contribution is 5.86. The number of hydrogen-bond donors (Lipinski definition) is 1. The van der Waals surface area contributed by atoms with E-state index in [-0.39, 0.29) is 11.9 Å². The van der Waals surface area contributed by atoms with E-state index in [1.54, 1.807) is 6.20 Å². The number of aromatic nitrogens is 3. The lowest BCUT2D eigenvalue weighted by atomic mass is 9.92. The Hall–Kier alpha value is -3.54. The highest BCUT2D eigenvalue weighted by Gasteiger charge is 2.34. The molecule has 5 rings (SSSR count). The van der Waals surface area contributed by atoms with Gasteiger partial charge in [-0.05, 0) is 49.6 Å². The Bertz CT molecular complexity index is 1240. The Kier molecular flexibility index (Phi) is 5.43. The molecule has 0 radical (unpaired) electrons. The van der Waals surface area contributed by atoms with Crippen LogP contribution in [0.25, 0.3) is 10.9 Å². The summed E-state index contributed by atoms with van der Waals surface area (Å²) in [6, 6.07) is 16.4. The van der Waals surface area contributed by atoms with Crippen molar-refractivity contribution < 1.29 is 9.53 Å². The third-order valence-electron chi connectivity index (χ3n) is 6.35. The average Bonchev–Trinajstić information content (AvgIpc) is 3.40. The molecular formula is C26H28N4O2. The van der Waals surface area contributed by atoms with Crippen molar-refractivity contribution in [1.82, 2.24) is 19.4 Å². The zero-order valence-corrected chi connectivity index (χ0v) is 18.5. The minimum Gasteiger partial charge on any atom is -0.494 e. The fourth-order valence-corrected chi connectivity index (χ4v) is 4.77. The standard InChI is InChI=1S/C26H28N4O2/c1-3-32-20-10-8-19(9-11-20)26-25-22(21-6-4-5-7-23(21)28-25)12-16-30(26)24(31)13-15-29-17-14-27-18(29)2/h4-11,14,17,26,28H,3,12-13,15-16H2,1-2H3/t26-/m1/s1. The molecule has 1 N–H and O–H groups in total. The minimum atomic E-state index is -0.141. The number of aromatic amines is 1. The molecule has 2 aromatic heterocycles. The van der Waals surface area contributed by atoms with Crippen LogP contribution in [0.3, 0.4) is 0 Å². The summed E-state index contributed by atoms with van der Waals surface area (Å²) in [4.78, 5) is 23.4. The molecule has 1 atom stereocenters. The Balaban J connectivity index is 1.50. The summed E-state index contributed by atoms with van der Waals surface area (Å²) in [6.07, 6.45) is 5.00. The summed E-state index contributed by atoms with van der Waals surface area (Å²) in [5.74, 6) is 1.93. The van der Waals surface area contributed by atoms with Crippen LogP contribution in [0.4, 0.5) is 0 Å². The first-order valence-corrected chi connectivity index (χ1v) is 11.2. The number of H-pyrrole nitrogens is 1. The lowest BCUT2D eigenvalue weighted by molar-refractivity contribution is -0.133. The topological polar surface area (TPSA) is 63.1 Å². The number of amides is 1. The molecule has 0 bridgehead atoms. The molecule has 0 saturated carbocycles. The lowest BCUT2D eigenvalue weighted by Crippen LogP contribution is -2.41. The molecule has 164 valence electrons. The first-order chi connectivity index (χ1) is 15.7. The smallest absolute Gasteiger partial charge is 0.225 e. The van der Waals surface area contributed by atoms with Crippen LogP contribution in [0.15, 0.2) is 60.9 Å². The van der Waals surface area contributed by atoms with Gasteiger partial charge in [-0.3, -0.25) is 4.79 Å². The molecule has 0 spiro atoms. The van der Waals surface area contributed by atoms with Gasteiger partial charge in [-0.1, -0.05) is 30.3 Å². The summed E-state index contributed by atoms with van der Waals surface area (Å²) in [6.45, 7) is 5.91. The van der Waals surface area contributed by atoms with Gasteiger partial charge in [-0.25, -0.2) is 4.98 Å². The molecule has 6 heteroatoms. The Morgan fingerprint density at radius 3 is 2.75 bits per heavy atom. The van der Waals surface area contributed by atoms with E-state index in [0.29, 0.717) is 26.1 Å². The fraction of sp³-hybridized carbons (Fsp3) is 0.308. The minimum absolute atomic E-state index is 0.141. The zero-order valence-electron chi connectivity index (χ0n) is 18.5. The van der Waals surface area contributed by atoms with E-state index in [2.05, 4.69) is 40.3 Å². The Morgan fingerprint density at radius 1 is 1.19 bits per heavy atom. The second-order valence-corrected chi connectivity index (χ2v) is 8.22. The number of para-hydroxylation sites is 1. The molecule has 0 unspecified atom stereocenters. The Morgan fingerprint density at radius 2 is 2.00 bits per heavy atom. The molecule has 2 aromatic carbocycles. The number of nitrogens with one attached hydrogen (secondary N) is 1. The highest BCUT2D eigenvalue weighted by atomic mass is 16.5. The van der Waals surface area contributed by atoms with Crippen molar-refractivity contribution in [3.8, 4) is 5.75 Å². The highest BCUT2D eigenvalue weighted by Crippen LogP contribution is 2.39. The molecule has 1 aliphatic rings. The second kappa shape index (κ2) is 8.54. The van der Waals surface area contributed by atoms with Gasteiger partial charge in [0.15, 0.2) is 0 Å².